The summed E-state index contributed by atoms with van der Waals surface area (Å²) in [6, 6.07) is 17.1. The molecule has 2 fully saturated rings. The SMILES string of the molecule is C[C@@]1(O)CCOC2(CCN(C(=O)c3ccc(COc4ccccc4)cc3)CC2)[C@H]1O. The van der Waals surface area contributed by atoms with Crippen LogP contribution < -0.4 is 4.74 Å². The molecule has 4 rings (SSSR count). The molecule has 2 atom stereocenters. The smallest absolute Gasteiger partial charge is 0.253 e. The highest BCUT2D eigenvalue weighted by atomic mass is 16.5. The molecular weight excluding hydrogens is 382 g/mol. The first kappa shape index (κ1) is 20.8. The van der Waals surface area contributed by atoms with Gasteiger partial charge in [-0.2, -0.15) is 0 Å². The Morgan fingerprint density at radius 3 is 2.43 bits per heavy atom. The summed E-state index contributed by atoms with van der Waals surface area (Å²) in [4.78, 5) is 14.7. The molecule has 1 spiro atoms. The highest BCUT2D eigenvalue weighted by Crippen LogP contribution is 2.40. The fourth-order valence-electron chi connectivity index (χ4n) is 4.36. The highest BCUT2D eigenvalue weighted by Gasteiger charge is 2.52. The Hall–Kier alpha value is -2.41. The van der Waals surface area contributed by atoms with E-state index in [0.29, 0.717) is 51.1 Å². The number of aliphatic hydroxyl groups excluding tert-OH is 1. The van der Waals surface area contributed by atoms with Crippen molar-refractivity contribution in [1.29, 1.82) is 0 Å². The molecule has 6 nitrogen and oxygen atoms in total. The van der Waals surface area contributed by atoms with E-state index in [1.807, 2.05) is 54.6 Å². The van der Waals surface area contributed by atoms with E-state index in [0.717, 1.165) is 11.3 Å². The molecule has 1 amide bonds. The number of ether oxygens (including phenoxy) is 2. The molecule has 2 saturated heterocycles. The molecule has 2 aromatic carbocycles. The first-order chi connectivity index (χ1) is 14.4. The van der Waals surface area contributed by atoms with Crippen molar-refractivity contribution >= 4 is 5.91 Å². The van der Waals surface area contributed by atoms with Gasteiger partial charge in [0.25, 0.3) is 5.91 Å². The quantitative estimate of drug-likeness (QED) is 0.809. The van der Waals surface area contributed by atoms with Crippen LogP contribution in [0, 0.1) is 0 Å². The van der Waals surface area contributed by atoms with E-state index in [9.17, 15) is 15.0 Å². The molecule has 2 aliphatic rings. The van der Waals surface area contributed by atoms with Gasteiger partial charge in [0.2, 0.25) is 0 Å². The molecule has 0 radical (unpaired) electrons. The molecule has 160 valence electrons. The second kappa shape index (κ2) is 8.38. The zero-order chi connectivity index (χ0) is 21.2. The lowest BCUT2D eigenvalue weighted by Gasteiger charge is -2.51. The van der Waals surface area contributed by atoms with Gasteiger partial charge in [-0.05, 0) is 49.6 Å². The predicted octanol–water partition coefficient (Wildman–Crippen LogP) is 2.77. The van der Waals surface area contributed by atoms with Gasteiger partial charge < -0.3 is 24.6 Å². The third kappa shape index (κ3) is 4.21. The second-order valence-electron chi connectivity index (χ2n) is 8.51. The lowest BCUT2D eigenvalue weighted by molar-refractivity contribution is -0.244. The van der Waals surface area contributed by atoms with E-state index in [2.05, 4.69) is 0 Å². The summed E-state index contributed by atoms with van der Waals surface area (Å²) in [5.41, 5.74) is -0.292. The average molecular weight is 411 g/mol. The number of piperidine rings is 1. The first-order valence-corrected chi connectivity index (χ1v) is 10.5. The number of likely N-dealkylation sites (tertiary alicyclic amines) is 1. The number of hydrogen-bond donors (Lipinski definition) is 2. The predicted molar refractivity (Wildman–Crippen MR) is 112 cm³/mol. The number of amides is 1. The van der Waals surface area contributed by atoms with E-state index in [4.69, 9.17) is 9.47 Å². The maximum absolute atomic E-state index is 12.9. The summed E-state index contributed by atoms with van der Waals surface area (Å²) >= 11 is 0. The number of para-hydroxylation sites is 1. The number of hydrogen-bond acceptors (Lipinski definition) is 5. The molecule has 0 aliphatic carbocycles. The summed E-state index contributed by atoms with van der Waals surface area (Å²) in [5, 5.41) is 21.1. The number of carbonyl (C=O) groups is 1. The molecule has 0 saturated carbocycles. The third-order valence-corrected chi connectivity index (χ3v) is 6.33. The monoisotopic (exact) mass is 411 g/mol. The van der Waals surface area contributed by atoms with Crippen molar-refractivity contribution in [1.82, 2.24) is 4.90 Å². The Morgan fingerprint density at radius 2 is 1.77 bits per heavy atom. The van der Waals surface area contributed by atoms with Gasteiger partial charge in [-0.1, -0.05) is 30.3 Å². The molecule has 30 heavy (non-hydrogen) atoms. The number of aliphatic hydroxyl groups is 2. The van der Waals surface area contributed by atoms with Crippen LogP contribution in [0.15, 0.2) is 54.6 Å². The Morgan fingerprint density at radius 1 is 1.10 bits per heavy atom. The van der Waals surface area contributed by atoms with Crippen LogP contribution in [0.2, 0.25) is 0 Å². The van der Waals surface area contributed by atoms with E-state index in [1.165, 1.54) is 0 Å². The molecule has 6 heteroatoms. The van der Waals surface area contributed by atoms with Gasteiger partial charge in [-0.25, -0.2) is 0 Å². The van der Waals surface area contributed by atoms with Crippen molar-refractivity contribution in [3.05, 3.63) is 65.7 Å². The molecule has 0 bridgehead atoms. The minimum atomic E-state index is -1.15. The zero-order valence-corrected chi connectivity index (χ0v) is 17.3. The van der Waals surface area contributed by atoms with Crippen LogP contribution >= 0.6 is 0 Å². The topological polar surface area (TPSA) is 79.2 Å². The molecule has 2 heterocycles. The average Bonchev–Trinajstić information content (AvgIpc) is 2.77. The van der Waals surface area contributed by atoms with E-state index in [1.54, 1.807) is 11.8 Å². The third-order valence-electron chi connectivity index (χ3n) is 6.33. The summed E-state index contributed by atoms with van der Waals surface area (Å²) < 4.78 is 11.7. The van der Waals surface area contributed by atoms with Crippen molar-refractivity contribution in [2.45, 2.75) is 50.1 Å². The normalized spacial score (nSPS) is 25.8. The van der Waals surface area contributed by atoms with E-state index in [-0.39, 0.29) is 5.91 Å². The Bertz CT molecular complexity index is 857. The fraction of sp³-hybridized carbons (Fsp3) is 0.458. The van der Waals surface area contributed by atoms with Crippen molar-refractivity contribution in [2.24, 2.45) is 0 Å². The van der Waals surface area contributed by atoms with Crippen LogP contribution in [0.5, 0.6) is 5.75 Å². The standard InChI is InChI=1S/C24H29NO5/c1-23(28)13-16-30-24(22(23)27)11-14-25(15-12-24)21(26)19-9-7-18(8-10-19)17-29-20-5-3-2-4-6-20/h2-10,22,27-28H,11-17H2,1H3/t22-,23+/m0/s1. The van der Waals surface area contributed by atoms with E-state index >= 15 is 0 Å². The van der Waals surface area contributed by atoms with Gasteiger partial charge in [0.1, 0.15) is 24.1 Å². The van der Waals surface area contributed by atoms with Crippen LogP contribution in [0.3, 0.4) is 0 Å². The van der Waals surface area contributed by atoms with Crippen LogP contribution in [0.4, 0.5) is 0 Å². The number of nitrogens with zero attached hydrogens (tertiary/aromatic N) is 1. The molecule has 0 unspecified atom stereocenters. The lowest BCUT2D eigenvalue weighted by Crippen LogP contribution is -2.64. The number of benzene rings is 2. The molecule has 0 aromatic heterocycles. The minimum absolute atomic E-state index is 0.0302. The maximum Gasteiger partial charge on any atom is 0.253 e. The minimum Gasteiger partial charge on any atom is -0.489 e. The van der Waals surface area contributed by atoms with Crippen LogP contribution in [0.25, 0.3) is 0 Å². The number of carbonyl (C=O) groups excluding carboxylic acids is 1. The molecule has 2 N–H and O–H groups in total. The fourth-order valence-corrected chi connectivity index (χ4v) is 4.36. The molecular formula is C24H29NO5. The molecule has 2 aliphatic heterocycles. The Labute approximate surface area is 177 Å². The lowest BCUT2D eigenvalue weighted by atomic mass is 9.75. The molecule has 2 aromatic rings. The van der Waals surface area contributed by atoms with Crippen LogP contribution in [-0.4, -0.2) is 58.0 Å². The Balaban J connectivity index is 1.34. The number of rotatable bonds is 4. The van der Waals surface area contributed by atoms with Crippen LogP contribution in [-0.2, 0) is 11.3 Å². The van der Waals surface area contributed by atoms with Crippen molar-refractivity contribution in [3.63, 3.8) is 0 Å². The summed E-state index contributed by atoms with van der Waals surface area (Å²) in [6.07, 6.45) is 0.497. The zero-order valence-electron chi connectivity index (χ0n) is 17.3. The van der Waals surface area contributed by atoms with Gasteiger partial charge in [0, 0.05) is 25.1 Å². The van der Waals surface area contributed by atoms with Crippen molar-refractivity contribution in [3.8, 4) is 5.75 Å². The van der Waals surface area contributed by atoms with Gasteiger partial charge in [-0.3, -0.25) is 4.79 Å². The van der Waals surface area contributed by atoms with Gasteiger partial charge in [0.15, 0.2) is 0 Å². The van der Waals surface area contributed by atoms with E-state index < -0.39 is 17.3 Å². The largest absolute Gasteiger partial charge is 0.489 e. The van der Waals surface area contributed by atoms with Gasteiger partial charge >= 0.3 is 0 Å². The van der Waals surface area contributed by atoms with Gasteiger partial charge in [-0.15, -0.1) is 0 Å². The highest BCUT2D eigenvalue weighted by molar-refractivity contribution is 5.94. The summed E-state index contributed by atoms with van der Waals surface area (Å²) in [7, 11) is 0. The Kier molecular flexibility index (Phi) is 5.82. The second-order valence-corrected chi connectivity index (χ2v) is 8.51. The first-order valence-electron chi connectivity index (χ1n) is 10.5. The summed E-state index contributed by atoms with van der Waals surface area (Å²) in [5.74, 6) is 0.781. The van der Waals surface area contributed by atoms with Crippen molar-refractivity contribution < 1.29 is 24.5 Å². The van der Waals surface area contributed by atoms with Crippen LogP contribution in [0.1, 0.15) is 42.1 Å². The van der Waals surface area contributed by atoms with Crippen molar-refractivity contribution in [2.75, 3.05) is 19.7 Å². The summed E-state index contributed by atoms with van der Waals surface area (Å²) in [6.45, 7) is 3.50. The maximum atomic E-state index is 12.9. The van der Waals surface area contributed by atoms with Gasteiger partial charge in [0.05, 0.1) is 12.2 Å².